The Morgan fingerprint density at radius 3 is 2.76 bits per heavy atom. The first kappa shape index (κ1) is 12.4. The van der Waals surface area contributed by atoms with Gasteiger partial charge in [-0.1, -0.05) is 11.6 Å². The lowest BCUT2D eigenvalue weighted by Crippen LogP contribution is -2.49. The average Bonchev–Trinajstić information content (AvgIpc) is 2.30. The van der Waals surface area contributed by atoms with Crippen molar-refractivity contribution in [1.29, 1.82) is 0 Å². The van der Waals surface area contributed by atoms with Crippen LogP contribution in [0.2, 0.25) is 5.02 Å². The molecule has 1 aromatic rings. The van der Waals surface area contributed by atoms with Gasteiger partial charge in [0.2, 0.25) is 0 Å². The number of halogens is 1. The van der Waals surface area contributed by atoms with Crippen LogP contribution in [0.15, 0.2) is 18.2 Å². The average molecular weight is 257 g/mol. The van der Waals surface area contributed by atoms with E-state index < -0.39 is 0 Å². The lowest BCUT2D eigenvalue weighted by molar-refractivity contribution is -0.153. The Hall–Kier alpha value is -1.10. The predicted molar refractivity (Wildman–Crippen MR) is 62.7 cm³/mol. The van der Waals surface area contributed by atoms with E-state index in [-0.39, 0.29) is 12.0 Å². The molecule has 1 fully saturated rings. The lowest BCUT2D eigenvalue weighted by Gasteiger charge is -2.39. The van der Waals surface area contributed by atoms with Gasteiger partial charge in [-0.05, 0) is 18.2 Å². The van der Waals surface area contributed by atoms with Gasteiger partial charge >= 0.3 is 0 Å². The second kappa shape index (κ2) is 5.04. The molecule has 1 aliphatic heterocycles. The third-order valence-electron chi connectivity index (χ3n) is 2.78. The molecule has 92 valence electrons. The van der Waals surface area contributed by atoms with Crippen LogP contribution in [0.25, 0.3) is 0 Å². The van der Waals surface area contributed by atoms with Gasteiger partial charge < -0.3 is 14.6 Å². The number of carbonyl (C=O) groups is 1. The van der Waals surface area contributed by atoms with Crippen molar-refractivity contribution in [3.05, 3.63) is 28.8 Å². The van der Waals surface area contributed by atoms with Gasteiger partial charge in [-0.15, -0.1) is 0 Å². The van der Waals surface area contributed by atoms with Crippen LogP contribution >= 0.6 is 11.6 Å². The van der Waals surface area contributed by atoms with E-state index in [1.54, 1.807) is 18.2 Å². The molecule has 0 atom stereocenters. The number of ether oxygens (including phenoxy) is 2. The number of aliphatic hydroxyl groups is 1. The van der Waals surface area contributed by atoms with Crippen molar-refractivity contribution in [2.75, 3.05) is 26.4 Å². The highest BCUT2D eigenvalue weighted by atomic mass is 35.5. The molecular formula is C12H13ClO4. The fraction of sp³-hybridized carbons (Fsp3) is 0.417. The smallest absolute Gasteiger partial charge is 0.150 e. The third kappa shape index (κ3) is 2.60. The Balaban J connectivity index is 2.01. The van der Waals surface area contributed by atoms with E-state index in [4.69, 9.17) is 21.1 Å². The molecule has 5 heteroatoms. The van der Waals surface area contributed by atoms with Crippen LogP contribution in [0.3, 0.4) is 0 Å². The maximum Gasteiger partial charge on any atom is 0.150 e. The summed E-state index contributed by atoms with van der Waals surface area (Å²) in [5.74, 6) is 0.511. The van der Waals surface area contributed by atoms with E-state index in [0.717, 1.165) is 6.29 Å². The molecule has 4 nitrogen and oxygen atoms in total. The molecule has 17 heavy (non-hydrogen) atoms. The number of hydrogen-bond donors (Lipinski definition) is 1. The van der Waals surface area contributed by atoms with Crippen molar-refractivity contribution in [1.82, 2.24) is 0 Å². The molecule has 0 amide bonds. The van der Waals surface area contributed by atoms with Crippen molar-refractivity contribution in [2.45, 2.75) is 0 Å². The van der Waals surface area contributed by atoms with Crippen molar-refractivity contribution >= 4 is 17.9 Å². The number of rotatable bonds is 5. The van der Waals surface area contributed by atoms with E-state index in [2.05, 4.69) is 0 Å². The molecule has 0 radical (unpaired) electrons. The van der Waals surface area contributed by atoms with Crippen LogP contribution in [0.5, 0.6) is 5.75 Å². The van der Waals surface area contributed by atoms with Gasteiger partial charge in [0.15, 0.2) is 0 Å². The minimum absolute atomic E-state index is 0.0248. The summed E-state index contributed by atoms with van der Waals surface area (Å²) in [5.41, 5.74) is 0.193. The second-order valence-electron chi connectivity index (χ2n) is 4.25. The first-order valence-corrected chi connectivity index (χ1v) is 5.63. The molecule has 2 rings (SSSR count). The van der Waals surface area contributed by atoms with Crippen molar-refractivity contribution < 1.29 is 19.4 Å². The van der Waals surface area contributed by atoms with Crippen molar-refractivity contribution in [3.8, 4) is 5.75 Å². The highest BCUT2D eigenvalue weighted by Crippen LogP contribution is 2.30. The van der Waals surface area contributed by atoms with Gasteiger partial charge in [0, 0.05) is 5.56 Å². The highest BCUT2D eigenvalue weighted by Gasteiger charge is 2.39. The van der Waals surface area contributed by atoms with Crippen LogP contribution in [-0.2, 0) is 4.74 Å². The van der Waals surface area contributed by atoms with E-state index in [1.807, 2.05) is 0 Å². The Morgan fingerprint density at radius 2 is 2.29 bits per heavy atom. The zero-order valence-electron chi connectivity index (χ0n) is 9.19. The minimum atomic E-state index is -0.313. The van der Waals surface area contributed by atoms with Crippen LogP contribution in [-0.4, -0.2) is 37.8 Å². The van der Waals surface area contributed by atoms with E-state index >= 15 is 0 Å². The summed E-state index contributed by atoms with van der Waals surface area (Å²) in [6, 6.07) is 4.83. The first-order valence-electron chi connectivity index (χ1n) is 5.25. The van der Waals surface area contributed by atoms with Crippen LogP contribution in [0, 0.1) is 5.41 Å². The van der Waals surface area contributed by atoms with Gasteiger partial charge in [0.05, 0.1) is 30.3 Å². The third-order valence-corrected chi connectivity index (χ3v) is 3.07. The largest absolute Gasteiger partial charge is 0.491 e. The molecule has 1 aliphatic rings. The van der Waals surface area contributed by atoms with Crippen LogP contribution in [0.1, 0.15) is 10.4 Å². The van der Waals surface area contributed by atoms with E-state index in [1.165, 1.54) is 0 Å². The fourth-order valence-corrected chi connectivity index (χ4v) is 1.79. The Labute approximate surface area is 104 Å². The molecule has 0 aliphatic carbocycles. The van der Waals surface area contributed by atoms with Gasteiger partial charge in [-0.25, -0.2) is 0 Å². The highest BCUT2D eigenvalue weighted by molar-refractivity contribution is 6.32. The topological polar surface area (TPSA) is 55.8 Å². The summed E-state index contributed by atoms with van der Waals surface area (Å²) in [5, 5.41) is 9.62. The van der Waals surface area contributed by atoms with E-state index in [0.29, 0.717) is 36.2 Å². The Kier molecular flexibility index (Phi) is 3.66. The number of aldehydes is 1. The Morgan fingerprint density at radius 1 is 1.53 bits per heavy atom. The predicted octanol–water partition coefficient (Wildman–Crippen LogP) is 1.54. The summed E-state index contributed by atoms with van der Waals surface area (Å²) < 4.78 is 10.6. The first-order chi connectivity index (χ1) is 8.19. The molecule has 0 bridgehead atoms. The van der Waals surface area contributed by atoms with Gasteiger partial charge in [-0.2, -0.15) is 0 Å². The van der Waals surface area contributed by atoms with E-state index in [9.17, 15) is 9.90 Å². The molecule has 1 saturated heterocycles. The molecular weight excluding hydrogens is 244 g/mol. The summed E-state index contributed by atoms with van der Waals surface area (Å²) in [6.07, 6.45) is 0.727. The van der Waals surface area contributed by atoms with Crippen molar-refractivity contribution in [2.24, 2.45) is 5.41 Å². The number of aliphatic hydroxyl groups excluding tert-OH is 1. The monoisotopic (exact) mass is 256 g/mol. The summed E-state index contributed by atoms with van der Waals surface area (Å²) in [4.78, 5) is 10.5. The summed E-state index contributed by atoms with van der Waals surface area (Å²) >= 11 is 5.96. The van der Waals surface area contributed by atoms with Gasteiger partial charge in [0.25, 0.3) is 0 Å². The second-order valence-corrected chi connectivity index (χ2v) is 4.65. The standard InChI is InChI=1S/C12H13ClO4/c13-10-3-9(4-14)1-2-11(10)17-8-12(5-15)6-16-7-12/h1-4,15H,5-8H2. The molecule has 0 saturated carbocycles. The summed E-state index contributed by atoms with van der Waals surface area (Å²) in [6.45, 7) is 1.36. The molecule has 1 N–H and O–H groups in total. The molecule has 1 heterocycles. The summed E-state index contributed by atoms with van der Waals surface area (Å²) in [7, 11) is 0. The molecule has 0 aromatic heterocycles. The number of benzene rings is 1. The fourth-order valence-electron chi connectivity index (χ4n) is 1.55. The van der Waals surface area contributed by atoms with Crippen molar-refractivity contribution in [3.63, 3.8) is 0 Å². The van der Waals surface area contributed by atoms with Crippen LogP contribution < -0.4 is 4.74 Å². The minimum Gasteiger partial charge on any atom is -0.491 e. The number of hydrogen-bond acceptors (Lipinski definition) is 4. The molecule has 0 unspecified atom stereocenters. The Bertz CT molecular complexity index is 409. The maximum absolute atomic E-state index is 10.5. The quantitative estimate of drug-likeness (QED) is 0.812. The zero-order chi connectivity index (χ0) is 12.3. The molecule has 1 aromatic carbocycles. The normalized spacial score (nSPS) is 17.3. The zero-order valence-corrected chi connectivity index (χ0v) is 9.94. The lowest BCUT2D eigenvalue weighted by atomic mass is 9.88. The maximum atomic E-state index is 10.5. The van der Waals surface area contributed by atoms with Gasteiger partial charge in [0.1, 0.15) is 18.6 Å². The number of carbonyl (C=O) groups excluding carboxylic acids is 1. The van der Waals surface area contributed by atoms with Gasteiger partial charge in [-0.3, -0.25) is 4.79 Å². The molecule has 0 spiro atoms. The SMILES string of the molecule is O=Cc1ccc(OCC2(CO)COC2)c(Cl)c1. The van der Waals surface area contributed by atoms with Crippen LogP contribution in [0.4, 0.5) is 0 Å².